The summed E-state index contributed by atoms with van der Waals surface area (Å²) >= 11 is 0. The Labute approximate surface area is 187 Å². The van der Waals surface area contributed by atoms with Crippen molar-refractivity contribution in [3.63, 3.8) is 0 Å². The number of carbonyl (C=O) groups is 1. The molecule has 8 heteroatoms. The fourth-order valence-corrected chi connectivity index (χ4v) is 3.83. The molecule has 1 amide bonds. The van der Waals surface area contributed by atoms with Crippen LogP contribution >= 0.6 is 0 Å². The Morgan fingerprint density at radius 1 is 1.16 bits per heavy atom. The first-order valence-electron chi connectivity index (χ1n) is 10.8. The molecule has 1 aromatic carbocycles. The summed E-state index contributed by atoms with van der Waals surface area (Å²) in [6.07, 6.45) is 0.897. The van der Waals surface area contributed by atoms with Crippen LogP contribution in [0.5, 0.6) is 0 Å². The lowest BCUT2D eigenvalue weighted by Crippen LogP contribution is -2.15. The number of hydrogen-bond acceptors (Lipinski definition) is 6. The Morgan fingerprint density at radius 3 is 2.66 bits per heavy atom. The van der Waals surface area contributed by atoms with E-state index in [2.05, 4.69) is 25.5 Å². The Morgan fingerprint density at radius 2 is 1.94 bits per heavy atom. The third kappa shape index (κ3) is 4.12. The fourth-order valence-electron chi connectivity index (χ4n) is 3.83. The van der Waals surface area contributed by atoms with Crippen molar-refractivity contribution in [1.82, 2.24) is 24.7 Å². The molecule has 0 radical (unpaired) electrons. The second-order valence-electron chi connectivity index (χ2n) is 8.47. The van der Waals surface area contributed by atoms with E-state index >= 15 is 0 Å². The van der Waals surface area contributed by atoms with Crippen LogP contribution < -0.4 is 5.32 Å². The van der Waals surface area contributed by atoms with Gasteiger partial charge in [0.25, 0.3) is 5.89 Å². The Kier molecular flexibility index (Phi) is 5.78. The quantitative estimate of drug-likeness (QED) is 0.474. The second-order valence-corrected chi connectivity index (χ2v) is 8.47. The van der Waals surface area contributed by atoms with Crippen LogP contribution in [0.3, 0.4) is 0 Å². The third-order valence-corrected chi connectivity index (χ3v) is 5.61. The summed E-state index contributed by atoms with van der Waals surface area (Å²) < 4.78 is 7.31. The molecule has 32 heavy (non-hydrogen) atoms. The van der Waals surface area contributed by atoms with Crippen molar-refractivity contribution in [2.75, 3.05) is 5.32 Å². The molecule has 4 aromatic rings. The maximum Gasteiger partial charge on any atom is 0.260 e. The first kappa shape index (κ1) is 21.7. The van der Waals surface area contributed by atoms with Gasteiger partial charge in [0.2, 0.25) is 5.91 Å². The molecule has 0 spiro atoms. The molecule has 1 N–H and O–H groups in total. The summed E-state index contributed by atoms with van der Waals surface area (Å²) in [6, 6.07) is 7.70. The van der Waals surface area contributed by atoms with Gasteiger partial charge in [0.15, 0.2) is 11.5 Å². The average molecular weight is 433 g/mol. The van der Waals surface area contributed by atoms with Crippen LogP contribution in [0.2, 0.25) is 0 Å². The number of nitrogens with zero attached hydrogens (tertiary/aromatic N) is 5. The molecule has 0 saturated carbocycles. The molecule has 0 saturated heterocycles. The monoisotopic (exact) mass is 432 g/mol. The van der Waals surface area contributed by atoms with Gasteiger partial charge < -0.3 is 9.84 Å². The first-order valence-corrected chi connectivity index (χ1v) is 10.8. The van der Waals surface area contributed by atoms with Crippen LogP contribution in [-0.2, 0) is 11.2 Å². The van der Waals surface area contributed by atoms with E-state index in [4.69, 9.17) is 4.52 Å². The average Bonchev–Trinajstić information content (AvgIpc) is 3.36. The number of hydrogen-bond donors (Lipinski definition) is 1. The number of amides is 1. The minimum absolute atomic E-state index is 0.0836. The molecule has 0 bridgehead atoms. The molecule has 3 aromatic heterocycles. The van der Waals surface area contributed by atoms with E-state index in [0.717, 1.165) is 39.4 Å². The van der Waals surface area contributed by atoms with Crippen LogP contribution in [0, 0.1) is 27.7 Å². The molecule has 3 heterocycles. The van der Waals surface area contributed by atoms with Crippen molar-refractivity contribution in [1.29, 1.82) is 0 Å². The Balaban J connectivity index is 1.55. The molecule has 0 aliphatic carbocycles. The van der Waals surface area contributed by atoms with E-state index in [-0.39, 0.29) is 11.8 Å². The van der Waals surface area contributed by atoms with Crippen LogP contribution in [0.1, 0.15) is 60.2 Å². The second kappa shape index (κ2) is 8.53. The summed E-state index contributed by atoms with van der Waals surface area (Å²) in [4.78, 5) is 22.0. The lowest BCUT2D eigenvalue weighted by Gasteiger charge is -2.13. The molecule has 4 rings (SSSR count). The highest BCUT2D eigenvalue weighted by Gasteiger charge is 2.18. The van der Waals surface area contributed by atoms with E-state index in [1.54, 1.807) is 0 Å². The molecule has 0 aliphatic rings. The normalized spacial score (nSPS) is 11.5. The molecule has 0 unspecified atom stereocenters. The van der Waals surface area contributed by atoms with Crippen molar-refractivity contribution in [2.45, 2.75) is 60.3 Å². The number of carbonyl (C=O) groups excluding carboxylic acids is 1. The van der Waals surface area contributed by atoms with Crippen molar-refractivity contribution in [3.8, 4) is 11.5 Å². The molecule has 0 atom stereocenters. The largest absolute Gasteiger partial charge is 0.334 e. The maximum atomic E-state index is 12.9. The predicted octanol–water partition coefficient (Wildman–Crippen LogP) is 4.71. The van der Waals surface area contributed by atoms with Crippen LogP contribution in [-0.4, -0.2) is 30.6 Å². The minimum Gasteiger partial charge on any atom is -0.334 e. The fraction of sp³-hybridized carbons (Fsp3) is 0.375. The number of rotatable bonds is 6. The SMILES string of the molecule is Cc1cc2nc(C)c(CCC(=O)Nc3c(C)cccc3-c3nc(C(C)C)no3)c(C)n2n1. The summed E-state index contributed by atoms with van der Waals surface area (Å²) in [5.41, 5.74) is 7.07. The molecular weight excluding hydrogens is 404 g/mol. The topological polar surface area (TPSA) is 98.2 Å². The van der Waals surface area contributed by atoms with Crippen molar-refractivity contribution >= 4 is 17.2 Å². The molecular formula is C24H28N6O2. The Hall–Kier alpha value is -3.55. The summed E-state index contributed by atoms with van der Waals surface area (Å²) in [7, 11) is 0. The van der Waals surface area contributed by atoms with E-state index < -0.39 is 0 Å². The van der Waals surface area contributed by atoms with Crippen LogP contribution in [0.4, 0.5) is 5.69 Å². The number of aryl methyl sites for hydroxylation is 4. The van der Waals surface area contributed by atoms with Gasteiger partial charge in [-0.1, -0.05) is 31.1 Å². The predicted molar refractivity (Wildman–Crippen MR) is 123 cm³/mol. The number of aromatic nitrogens is 5. The van der Waals surface area contributed by atoms with Gasteiger partial charge >= 0.3 is 0 Å². The van der Waals surface area contributed by atoms with Crippen LogP contribution in [0.25, 0.3) is 17.1 Å². The molecule has 166 valence electrons. The summed E-state index contributed by atoms with van der Waals surface area (Å²) in [6.45, 7) is 11.9. The van der Waals surface area contributed by atoms with E-state index in [0.29, 0.717) is 30.2 Å². The zero-order chi connectivity index (χ0) is 23.0. The van der Waals surface area contributed by atoms with Crippen LogP contribution in [0.15, 0.2) is 28.8 Å². The van der Waals surface area contributed by atoms with Gasteiger partial charge in [0, 0.05) is 29.8 Å². The third-order valence-electron chi connectivity index (χ3n) is 5.61. The summed E-state index contributed by atoms with van der Waals surface area (Å²) in [5, 5.41) is 11.6. The number of fused-ring (bicyclic) bond motifs is 1. The first-order chi connectivity index (χ1) is 15.2. The van der Waals surface area contributed by atoms with Gasteiger partial charge in [-0.2, -0.15) is 10.1 Å². The van der Waals surface area contributed by atoms with E-state index in [1.807, 2.05) is 70.3 Å². The lowest BCUT2D eigenvalue weighted by atomic mass is 10.0. The van der Waals surface area contributed by atoms with Gasteiger partial charge in [-0.15, -0.1) is 0 Å². The van der Waals surface area contributed by atoms with E-state index in [9.17, 15) is 4.79 Å². The number of nitrogens with one attached hydrogen (secondary N) is 1. The zero-order valence-electron chi connectivity index (χ0n) is 19.4. The van der Waals surface area contributed by atoms with Gasteiger partial charge in [0.1, 0.15) is 0 Å². The molecule has 8 nitrogen and oxygen atoms in total. The van der Waals surface area contributed by atoms with Crippen molar-refractivity contribution < 1.29 is 9.32 Å². The number of anilines is 1. The van der Waals surface area contributed by atoms with Gasteiger partial charge in [-0.25, -0.2) is 9.50 Å². The van der Waals surface area contributed by atoms with Gasteiger partial charge in [0.05, 0.1) is 16.9 Å². The molecule has 0 fully saturated rings. The summed E-state index contributed by atoms with van der Waals surface area (Å²) in [5.74, 6) is 1.12. The maximum absolute atomic E-state index is 12.9. The number of para-hydroxylation sites is 1. The molecule has 0 aliphatic heterocycles. The zero-order valence-corrected chi connectivity index (χ0v) is 19.4. The van der Waals surface area contributed by atoms with Crippen molar-refractivity contribution in [2.24, 2.45) is 0 Å². The highest BCUT2D eigenvalue weighted by Crippen LogP contribution is 2.31. The highest BCUT2D eigenvalue weighted by molar-refractivity contribution is 5.95. The smallest absolute Gasteiger partial charge is 0.260 e. The van der Waals surface area contributed by atoms with E-state index in [1.165, 1.54) is 0 Å². The standard InChI is InChI=1S/C24H28N6O2/c1-13(2)23-27-24(32-29-23)19-9-7-8-14(3)22(19)26-21(31)11-10-18-16(5)25-20-12-15(4)28-30(20)17(18)6/h7-9,12-13H,10-11H2,1-6H3,(H,26,31). The Bertz CT molecular complexity index is 1300. The van der Waals surface area contributed by atoms with Gasteiger partial charge in [-0.3, -0.25) is 4.79 Å². The number of benzene rings is 1. The minimum atomic E-state index is -0.0836. The highest BCUT2D eigenvalue weighted by atomic mass is 16.5. The van der Waals surface area contributed by atoms with Crippen molar-refractivity contribution in [3.05, 3.63) is 58.3 Å². The van der Waals surface area contributed by atoms with Gasteiger partial charge in [-0.05, 0) is 51.3 Å². The lowest BCUT2D eigenvalue weighted by molar-refractivity contribution is -0.116.